The smallest absolute Gasteiger partial charge is 0.336 e. The van der Waals surface area contributed by atoms with Gasteiger partial charge in [0.25, 0.3) is 0 Å². The molecule has 0 saturated carbocycles. The predicted octanol–water partition coefficient (Wildman–Crippen LogP) is 2.99. The third-order valence-corrected chi connectivity index (χ3v) is 4.36. The summed E-state index contributed by atoms with van der Waals surface area (Å²) >= 11 is 3.28. The molecule has 140 valence electrons. The van der Waals surface area contributed by atoms with Gasteiger partial charge in [-0.05, 0) is 36.2 Å². The zero-order valence-electron chi connectivity index (χ0n) is 14.4. The van der Waals surface area contributed by atoms with E-state index in [1.165, 1.54) is 0 Å². The number of aromatic nitrogens is 4. The fraction of sp³-hybridized carbons (Fsp3) is 0.222. The molecule has 3 N–H and O–H groups in total. The minimum absolute atomic E-state index is 0.234. The molecule has 0 unspecified atom stereocenters. The fourth-order valence-corrected chi connectivity index (χ4v) is 2.95. The second-order valence-electron chi connectivity index (χ2n) is 5.81. The monoisotopic (exact) mass is 431 g/mol. The Morgan fingerprint density at radius 1 is 1.30 bits per heavy atom. The zero-order chi connectivity index (χ0) is 19.2. The first-order chi connectivity index (χ1) is 13.0. The van der Waals surface area contributed by atoms with E-state index in [-0.39, 0.29) is 12.2 Å². The average Bonchev–Trinajstić information content (AvgIpc) is 3.11. The number of hydrogen-bond donors (Lipinski definition) is 2. The van der Waals surface area contributed by atoms with Crippen molar-refractivity contribution in [1.82, 2.24) is 19.7 Å². The molecule has 9 heteroatoms. The standard InChI is InChI=1S/C18H18BrN5O3/c19-13-6-5-12(14(9-13)18(25)26)10-27-8-2-7-24-11-21-23-17(24)15-3-1-4-16(20)22-15/h1,3-6,9,11H,2,7-8,10H2,(H2,20,22)(H,25,26). The predicted molar refractivity (Wildman–Crippen MR) is 103 cm³/mol. The van der Waals surface area contributed by atoms with Crippen LogP contribution in [0.25, 0.3) is 11.5 Å². The minimum Gasteiger partial charge on any atom is -0.478 e. The van der Waals surface area contributed by atoms with Gasteiger partial charge in [0.15, 0.2) is 5.82 Å². The Bertz CT molecular complexity index is 944. The Morgan fingerprint density at radius 3 is 2.93 bits per heavy atom. The van der Waals surface area contributed by atoms with Crippen LogP contribution in [0.3, 0.4) is 0 Å². The van der Waals surface area contributed by atoms with Crippen LogP contribution in [0.5, 0.6) is 0 Å². The van der Waals surface area contributed by atoms with Crippen LogP contribution in [-0.4, -0.2) is 37.4 Å². The van der Waals surface area contributed by atoms with E-state index in [1.54, 1.807) is 30.6 Å². The number of ether oxygens (including phenoxy) is 1. The first kappa shape index (κ1) is 19.0. The maximum Gasteiger partial charge on any atom is 0.336 e. The summed E-state index contributed by atoms with van der Waals surface area (Å²) in [5.41, 5.74) is 7.25. The first-order valence-electron chi connectivity index (χ1n) is 8.25. The number of aryl methyl sites for hydroxylation is 1. The number of carboxylic acids is 1. The fourth-order valence-electron chi connectivity index (χ4n) is 2.59. The molecular weight excluding hydrogens is 414 g/mol. The summed E-state index contributed by atoms with van der Waals surface area (Å²) in [7, 11) is 0. The van der Waals surface area contributed by atoms with E-state index in [1.807, 2.05) is 16.7 Å². The molecule has 0 amide bonds. The average molecular weight is 432 g/mol. The number of nitrogens with zero attached hydrogens (tertiary/aromatic N) is 4. The van der Waals surface area contributed by atoms with Crippen LogP contribution in [-0.2, 0) is 17.9 Å². The molecule has 2 heterocycles. The lowest BCUT2D eigenvalue weighted by atomic mass is 10.1. The van der Waals surface area contributed by atoms with Crippen molar-refractivity contribution >= 4 is 27.7 Å². The van der Waals surface area contributed by atoms with Gasteiger partial charge in [0.1, 0.15) is 17.8 Å². The quantitative estimate of drug-likeness (QED) is 0.526. The summed E-state index contributed by atoms with van der Waals surface area (Å²) < 4.78 is 8.25. The summed E-state index contributed by atoms with van der Waals surface area (Å²) in [5, 5.41) is 17.3. The largest absolute Gasteiger partial charge is 0.478 e. The molecule has 0 bridgehead atoms. The van der Waals surface area contributed by atoms with Crippen molar-refractivity contribution in [3.8, 4) is 11.5 Å². The van der Waals surface area contributed by atoms with Crippen LogP contribution >= 0.6 is 15.9 Å². The van der Waals surface area contributed by atoms with Gasteiger partial charge in [0.2, 0.25) is 0 Å². The highest BCUT2D eigenvalue weighted by molar-refractivity contribution is 9.10. The van der Waals surface area contributed by atoms with Crippen molar-refractivity contribution < 1.29 is 14.6 Å². The van der Waals surface area contributed by atoms with E-state index in [2.05, 4.69) is 31.1 Å². The highest BCUT2D eigenvalue weighted by atomic mass is 79.9. The Balaban J connectivity index is 1.54. The van der Waals surface area contributed by atoms with Crippen LogP contribution in [0.2, 0.25) is 0 Å². The van der Waals surface area contributed by atoms with Crippen LogP contribution in [0.1, 0.15) is 22.3 Å². The van der Waals surface area contributed by atoms with Crippen molar-refractivity contribution in [2.24, 2.45) is 0 Å². The number of carbonyl (C=O) groups is 1. The molecule has 0 aliphatic rings. The van der Waals surface area contributed by atoms with Gasteiger partial charge in [0.05, 0.1) is 12.2 Å². The number of anilines is 1. The van der Waals surface area contributed by atoms with Crippen LogP contribution in [0, 0.1) is 0 Å². The van der Waals surface area contributed by atoms with Gasteiger partial charge in [-0.25, -0.2) is 9.78 Å². The Kier molecular flexibility index (Phi) is 6.15. The number of halogens is 1. The van der Waals surface area contributed by atoms with Crippen LogP contribution in [0.15, 0.2) is 47.2 Å². The third-order valence-electron chi connectivity index (χ3n) is 3.86. The summed E-state index contributed by atoms with van der Waals surface area (Å²) in [5.74, 6) is 0.0937. The second kappa shape index (κ2) is 8.74. The topological polar surface area (TPSA) is 116 Å². The van der Waals surface area contributed by atoms with E-state index in [4.69, 9.17) is 10.5 Å². The van der Waals surface area contributed by atoms with Gasteiger partial charge < -0.3 is 20.1 Å². The summed E-state index contributed by atoms with van der Waals surface area (Å²) in [6, 6.07) is 10.5. The van der Waals surface area contributed by atoms with Crippen LogP contribution < -0.4 is 5.73 Å². The maximum atomic E-state index is 11.3. The molecule has 0 aliphatic heterocycles. The number of nitrogens with two attached hydrogens (primary N) is 1. The molecule has 0 radical (unpaired) electrons. The summed E-state index contributed by atoms with van der Waals surface area (Å²) in [6.07, 6.45) is 2.35. The summed E-state index contributed by atoms with van der Waals surface area (Å²) in [4.78, 5) is 15.6. The van der Waals surface area contributed by atoms with Crippen molar-refractivity contribution in [1.29, 1.82) is 0 Å². The number of hydrogen-bond acceptors (Lipinski definition) is 6. The highest BCUT2D eigenvalue weighted by Crippen LogP contribution is 2.18. The molecule has 2 aromatic heterocycles. The number of carboxylic acid groups (broad SMARTS) is 1. The van der Waals surface area contributed by atoms with Gasteiger partial charge in [-0.3, -0.25) is 0 Å². The molecule has 27 heavy (non-hydrogen) atoms. The third kappa shape index (κ3) is 4.89. The van der Waals surface area contributed by atoms with Gasteiger partial charge >= 0.3 is 5.97 Å². The van der Waals surface area contributed by atoms with Crippen molar-refractivity contribution in [3.05, 3.63) is 58.3 Å². The normalized spacial score (nSPS) is 10.9. The van der Waals surface area contributed by atoms with Crippen LogP contribution in [0.4, 0.5) is 5.82 Å². The second-order valence-corrected chi connectivity index (χ2v) is 6.72. The lowest BCUT2D eigenvalue weighted by Crippen LogP contribution is -2.07. The van der Waals surface area contributed by atoms with E-state index in [9.17, 15) is 9.90 Å². The first-order valence-corrected chi connectivity index (χ1v) is 9.04. The molecule has 0 aliphatic carbocycles. The maximum absolute atomic E-state index is 11.3. The number of aromatic carboxylic acids is 1. The van der Waals surface area contributed by atoms with Gasteiger partial charge in [-0.2, -0.15) is 0 Å². The molecular formula is C18H18BrN5O3. The number of nitrogen functional groups attached to an aromatic ring is 1. The number of pyridine rings is 1. The number of benzene rings is 1. The number of rotatable bonds is 8. The van der Waals surface area contributed by atoms with E-state index in [0.29, 0.717) is 42.5 Å². The van der Waals surface area contributed by atoms with Crippen molar-refractivity contribution in [3.63, 3.8) is 0 Å². The Morgan fingerprint density at radius 2 is 2.15 bits per heavy atom. The molecule has 0 spiro atoms. The summed E-state index contributed by atoms with van der Waals surface area (Å²) in [6.45, 7) is 1.35. The molecule has 0 saturated heterocycles. The lowest BCUT2D eigenvalue weighted by Gasteiger charge is -2.09. The van der Waals surface area contributed by atoms with E-state index in [0.717, 1.165) is 4.47 Å². The van der Waals surface area contributed by atoms with E-state index >= 15 is 0 Å². The highest BCUT2D eigenvalue weighted by Gasteiger charge is 2.11. The van der Waals surface area contributed by atoms with Crippen molar-refractivity contribution in [2.75, 3.05) is 12.3 Å². The molecule has 8 nitrogen and oxygen atoms in total. The minimum atomic E-state index is -0.973. The van der Waals surface area contributed by atoms with Gasteiger partial charge in [-0.1, -0.05) is 28.1 Å². The van der Waals surface area contributed by atoms with Gasteiger partial charge in [-0.15, -0.1) is 10.2 Å². The molecule has 0 atom stereocenters. The molecule has 3 aromatic rings. The zero-order valence-corrected chi connectivity index (χ0v) is 16.0. The molecule has 0 fully saturated rings. The van der Waals surface area contributed by atoms with Gasteiger partial charge in [0, 0.05) is 17.6 Å². The SMILES string of the molecule is Nc1cccc(-c2nncn2CCCOCc2ccc(Br)cc2C(=O)O)n1. The Labute approximate surface area is 164 Å². The van der Waals surface area contributed by atoms with E-state index < -0.39 is 5.97 Å². The molecule has 3 rings (SSSR count). The van der Waals surface area contributed by atoms with Crippen molar-refractivity contribution in [2.45, 2.75) is 19.6 Å². The Hall–Kier alpha value is -2.78. The molecule has 1 aromatic carbocycles. The lowest BCUT2D eigenvalue weighted by molar-refractivity contribution is 0.0686.